The van der Waals surface area contributed by atoms with E-state index < -0.39 is 6.29 Å². The lowest BCUT2D eigenvalue weighted by atomic mass is 10.3. The van der Waals surface area contributed by atoms with Crippen molar-refractivity contribution in [3.05, 3.63) is 24.3 Å². The molecule has 0 aliphatic rings. The van der Waals surface area contributed by atoms with Gasteiger partial charge in [0.05, 0.1) is 6.61 Å². The monoisotopic (exact) mass is 182 g/mol. The molecule has 0 saturated heterocycles. The maximum Gasteiger partial charge on any atom is 0.194 e. The summed E-state index contributed by atoms with van der Waals surface area (Å²) in [6.45, 7) is 4.10. The van der Waals surface area contributed by atoms with Gasteiger partial charge in [0.2, 0.25) is 0 Å². The molecule has 0 bridgehead atoms. The van der Waals surface area contributed by atoms with Crippen LogP contribution < -0.4 is 9.47 Å². The zero-order valence-corrected chi connectivity index (χ0v) is 7.86. The highest BCUT2D eigenvalue weighted by Crippen LogP contribution is 2.19. The first-order chi connectivity index (χ1) is 6.22. The zero-order valence-electron chi connectivity index (χ0n) is 7.86. The number of aliphatic hydroxyl groups excluding tert-OH is 1. The second kappa shape index (κ2) is 4.72. The van der Waals surface area contributed by atoms with Crippen molar-refractivity contribution in [3.8, 4) is 11.5 Å². The fourth-order valence-electron chi connectivity index (χ4n) is 1.00. The van der Waals surface area contributed by atoms with Crippen LogP contribution in [0.15, 0.2) is 24.3 Å². The zero-order chi connectivity index (χ0) is 9.68. The molecule has 1 unspecified atom stereocenters. The summed E-state index contributed by atoms with van der Waals surface area (Å²) >= 11 is 0. The SMILES string of the molecule is CCOc1cccc(OC(C)O)c1. The first-order valence-corrected chi connectivity index (χ1v) is 4.30. The number of aliphatic hydroxyl groups is 1. The molecule has 3 nitrogen and oxygen atoms in total. The Morgan fingerprint density at radius 3 is 2.69 bits per heavy atom. The van der Waals surface area contributed by atoms with Gasteiger partial charge in [0, 0.05) is 6.07 Å². The Morgan fingerprint density at radius 2 is 2.08 bits per heavy atom. The summed E-state index contributed by atoms with van der Waals surface area (Å²) in [6.07, 6.45) is -0.795. The normalized spacial score (nSPS) is 12.2. The van der Waals surface area contributed by atoms with Gasteiger partial charge in [0.25, 0.3) is 0 Å². The van der Waals surface area contributed by atoms with Crippen LogP contribution in [0.5, 0.6) is 11.5 Å². The second-order valence-electron chi connectivity index (χ2n) is 2.63. The first kappa shape index (κ1) is 9.86. The van der Waals surface area contributed by atoms with Crippen LogP contribution in [0.25, 0.3) is 0 Å². The standard InChI is InChI=1S/C10H14O3/c1-3-12-9-5-4-6-10(7-9)13-8(2)11/h4-8,11H,3H2,1-2H3. The second-order valence-corrected chi connectivity index (χ2v) is 2.63. The maximum atomic E-state index is 8.96. The largest absolute Gasteiger partial charge is 0.494 e. The van der Waals surface area contributed by atoms with Crippen LogP contribution in [0.3, 0.4) is 0 Å². The van der Waals surface area contributed by atoms with Gasteiger partial charge in [-0.1, -0.05) is 6.07 Å². The minimum atomic E-state index is -0.795. The predicted octanol–water partition coefficient (Wildman–Crippen LogP) is 1.80. The molecule has 0 heterocycles. The van der Waals surface area contributed by atoms with Crippen LogP contribution in [-0.2, 0) is 0 Å². The van der Waals surface area contributed by atoms with E-state index in [0.29, 0.717) is 12.4 Å². The Kier molecular flexibility index (Phi) is 3.58. The van der Waals surface area contributed by atoms with Crippen molar-refractivity contribution in [3.63, 3.8) is 0 Å². The van der Waals surface area contributed by atoms with E-state index in [1.165, 1.54) is 0 Å². The molecule has 0 aliphatic heterocycles. The minimum Gasteiger partial charge on any atom is -0.494 e. The molecule has 1 rings (SSSR count). The summed E-state index contributed by atoms with van der Waals surface area (Å²) in [4.78, 5) is 0. The number of hydrogen-bond donors (Lipinski definition) is 1. The highest BCUT2D eigenvalue weighted by Gasteiger charge is 1.99. The first-order valence-electron chi connectivity index (χ1n) is 4.30. The molecular weight excluding hydrogens is 168 g/mol. The van der Waals surface area contributed by atoms with Crippen molar-refractivity contribution in [2.45, 2.75) is 20.1 Å². The van der Waals surface area contributed by atoms with Crippen LogP contribution in [-0.4, -0.2) is 18.0 Å². The minimum absolute atomic E-state index is 0.612. The molecule has 0 aliphatic carbocycles. The molecule has 0 radical (unpaired) electrons. The van der Waals surface area contributed by atoms with Gasteiger partial charge in [-0.15, -0.1) is 0 Å². The molecule has 1 atom stereocenters. The predicted molar refractivity (Wildman–Crippen MR) is 49.9 cm³/mol. The average Bonchev–Trinajstić information content (AvgIpc) is 2.04. The van der Waals surface area contributed by atoms with E-state index in [1.54, 1.807) is 19.1 Å². The van der Waals surface area contributed by atoms with Crippen LogP contribution in [0.2, 0.25) is 0 Å². The highest BCUT2D eigenvalue weighted by atomic mass is 16.6. The molecule has 13 heavy (non-hydrogen) atoms. The number of rotatable bonds is 4. The van der Waals surface area contributed by atoms with E-state index in [4.69, 9.17) is 14.6 Å². The maximum absolute atomic E-state index is 8.96. The lowest BCUT2D eigenvalue weighted by Crippen LogP contribution is -2.09. The summed E-state index contributed by atoms with van der Waals surface area (Å²) in [5, 5.41) is 8.96. The van der Waals surface area contributed by atoms with E-state index in [2.05, 4.69) is 0 Å². The fraction of sp³-hybridized carbons (Fsp3) is 0.400. The third kappa shape index (κ3) is 3.34. The molecule has 1 aromatic carbocycles. The van der Waals surface area contributed by atoms with E-state index in [0.717, 1.165) is 5.75 Å². The smallest absolute Gasteiger partial charge is 0.194 e. The average molecular weight is 182 g/mol. The van der Waals surface area contributed by atoms with E-state index in [9.17, 15) is 0 Å². The Bertz CT molecular complexity index is 258. The van der Waals surface area contributed by atoms with Crippen LogP contribution in [0, 0.1) is 0 Å². The molecule has 0 amide bonds. The van der Waals surface area contributed by atoms with E-state index in [1.807, 2.05) is 19.1 Å². The van der Waals surface area contributed by atoms with Gasteiger partial charge in [0.15, 0.2) is 6.29 Å². The van der Waals surface area contributed by atoms with Crippen molar-refractivity contribution >= 4 is 0 Å². The van der Waals surface area contributed by atoms with Gasteiger partial charge in [-0.3, -0.25) is 0 Å². The van der Waals surface area contributed by atoms with Crippen LogP contribution >= 0.6 is 0 Å². The molecule has 0 saturated carbocycles. The summed E-state index contributed by atoms with van der Waals surface area (Å²) < 4.78 is 10.3. The lowest BCUT2D eigenvalue weighted by Gasteiger charge is -2.09. The van der Waals surface area contributed by atoms with Crippen LogP contribution in [0.4, 0.5) is 0 Å². The Labute approximate surface area is 77.9 Å². The fourth-order valence-corrected chi connectivity index (χ4v) is 1.00. The summed E-state index contributed by atoms with van der Waals surface area (Å²) in [6, 6.07) is 7.19. The van der Waals surface area contributed by atoms with Gasteiger partial charge in [-0.05, 0) is 26.0 Å². The molecule has 1 N–H and O–H groups in total. The quantitative estimate of drug-likeness (QED) is 0.721. The third-order valence-electron chi connectivity index (χ3n) is 1.42. The van der Waals surface area contributed by atoms with Crippen molar-refractivity contribution in [2.24, 2.45) is 0 Å². The summed E-state index contributed by atoms with van der Waals surface area (Å²) in [5.74, 6) is 1.36. The molecule has 3 heteroatoms. The summed E-state index contributed by atoms with van der Waals surface area (Å²) in [7, 11) is 0. The molecule has 1 aromatic rings. The number of hydrogen-bond acceptors (Lipinski definition) is 3. The van der Waals surface area contributed by atoms with E-state index >= 15 is 0 Å². The number of ether oxygens (including phenoxy) is 2. The number of benzene rings is 1. The molecule has 0 spiro atoms. The van der Waals surface area contributed by atoms with Gasteiger partial charge >= 0.3 is 0 Å². The van der Waals surface area contributed by atoms with Crippen molar-refractivity contribution in [1.82, 2.24) is 0 Å². The molecule has 72 valence electrons. The summed E-state index contributed by atoms with van der Waals surface area (Å²) in [5.41, 5.74) is 0. The van der Waals surface area contributed by atoms with Gasteiger partial charge < -0.3 is 14.6 Å². The van der Waals surface area contributed by atoms with Crippen molar-refractivity contribution in [2.75, 3.05) is 6.61 Å². The highest BCUT2D eigenvalue weighted by molar-refractivity contribution is 5.32. The van der Waals surface area contributed by atoms with Gasteiger partial charge in [-0.25, -0.2) is 0 Å². The van der Waals surface area contributed by atoms with Gasteiger partial charge in [-0.2, -0.15) is 0 Å². The lowest BCUT2D eigenvalue weighted by molar-refractivity contribution is -0.000423. The van der Waals surface area contributed by atoms with E-state index in [-0.39, 0.29) is 0 Å². The molecule has 0 fully saturated rings. The topological polar surface area (TPSA) is 38.7 Å². The van der Waals surface area contributed by atoms with Crippen LogP contribution in [0.1, 0.15) is 13.8 Å². The van der Waals surface area contributed by atoms with Crippen molar-refractivity contribution < 1.29 is 14.6 Å². The van der Waals surface area contributed by atoms with Gasteiger partial charge in [0.1, 0.15) is 11.5 Å². The Balaban J connectivity index is 2.67. The third-order valence-corrected chi connectivity index (χ3v) is 1.42. The molecular formula is C10H14O3. The Hall–Kier alpha value is -1.22. The molecule has 0 aromatic heterocycles. The van der Waals surface area contributed by atoms with Crippen molar-refractivity contribution in [1.29, 1.82) is 0 Å². The Morgan fingerprint density at radius 1 is 1.38 bits per heavy atom.